The van der Waals surface area contributed by atoms with Crippen molar-refractivity contribution in [1.82, 2.24) is 4.98 Å². The molecule has 0 aliphatic rings. The lowest BCUT2D eigenvalue weighted by Gasteiger charge is -2.28. The molecular formula is C17H22N2O. The fraction of sp³-hybridized carbons (Fsp3) is 0.412. The van der Waals surface area contributed by atoms with Crippen molar-refractivity contribution < 1.29 is 4.79 Å². The van der Waals surface area contributed by atoms with E-state index < -0.39 is 0 Å². The molecule has 0 aliphatic heterocycles. The van der Waals surface area contributed by atoms with Crippen LogP contribution in [0, 0.1) is 5.92 Å². The van der Waals surface area contributed by atoms with Crippen LogP contribution < -0.4 is 4.90 Å². The molecule has 20 heavy (non-hydrogen) atoms. The summed E-state index contributed by atoms with van der Waals surface area (Å²) in [7, 11) is 2.01. The van der Waals surface area contributed by atoms with Gasteiger partial charge in [-0.05, 0) is 31.4 Å². The number of rotatable bonds is 5. The first kappa shape index (κ1) is 14.5. The number of benzene rings is 1. The second-order valence-electron chi connectivity index (χ2n) is 5.80. The van der Waals surface area contributed by atoms with E-state index in [0.29, 0.717) is 17.5 Å². The van der Waals surface area contributed by atoms with Crippen molar-refractivity contribution in [3.8, 4) is 0 Å². The summed E-state index contributed by atoms with van der Waals surface area (Å²) in [6.45, 7) is 6.59. The lowest BCUT2D eigenvalue weighted by atomic mass is 10.0. The summed E-state index contributed by atoms with van der Waals surface area (Å²) < 4.78 is 0. The molecule has 0 amide bonds. The number of nitrogens with zero attached hydrogens (tertiary/aromatic N) is 2. The summed E-state index contributed by atoms with van der Waals surface area (Å²) in [5, 5.41) is 1.00. The number of carbonyl (C=O) groups is 1. The van der Waals surface area contributed by atoms with Crippen molar-refractivity contribution in [2.45, 2.75) is 33.2 Å². The molecule has 0 saturated carbocycles. The first-order valence-corrected chi connectivity index (χ1v) is 7.10. The number of para-hydroxylation sites is 1. The molecule has 2 aromatic rings. The van der Waals surface area contributed by atoms with Gasteiger partial charge in [-0.25, -0.2) is 4.98 Å². The molecule has 0 N–H and O–H groups in total. The molecule has 1 aromatic carbocycles. The summed E-state index contributed by atoms with van der Waals surface area (Å²) in [5.41, 5.74) is 1.58. The minimum atomic E-state index is 0.349. The first-order chi connectivity index (χ1) is 9.52. The van der Waals surface area contributed by atoms with Gasteiger partial charge in [-0.1, -0.05) is 32.0 Å². The maximum atomic E-state index is 11.4. The molecule has 3 heteroatoms. The van der Waals surface area contributed by atoms with Crippen LogP contribution in [-0.2, 0) is 0 Å². The lowest BCUT2D eigenvalue weighted by Crippen LogP contribution is -2.31. The van der Waals surface area contributed by atoms with Gasteiger partial charge in [-0.3, -0.25) is 4.79 Å². The van der Waals surface area contributed by atoms with E-state index in [2.05, 4.69) is 30.7 Å². The molecule has 106 valence electrons. The van der Waals surface area contributed by atoms with Crippen LogP contribution in [0.2, 0.25) is 0 Å². The highest BCUT2D eigenvalue weighted by Gasteiger charge is 2.16. The van der Waals surface area contributed by atoms with E-state index in [1.165, 1.54) is 0 Å². The van der Waals surface area contributed by atoms with Crippen LogP contribution in [-0.4, -0.2) is 24.4 Å². The Balaban J connectivity index is 2.43. The van der Waals surface area contributed by atoms with Crippen molar-refractivity contribution >= 4 is 23.0 Å². The van der Waals surface area contributed by atoms with Gasteiger partial charge in [0.1, 0.15) is 5.82 Å². The Bertz CT molecular complexity index is 607. The molecule has 0 aliphatic carbocycles. The summed E-state index contributed by atoms with van der Waals surface area (Å²) in [6.07, 6.45) is 1.97. The molecule has 1 heterocycles. The molecule has 0 bridgehead atoms. The zero-order valence-electron chi connectivity index (χ0n) is 12.6. The second kappa shape index (κ2) is 6.04. The van der Waals surface area contributed by atoms with E-state index in [9.17, 15) is 4.79 Å². The predicted molar refractivity (Wildman–Crippen MR) is 84.5 cm³/mol. The van der Waals surface area contributed by atoms with Crippen LogP contribution in [0.15, 0.2) is 30.3 Å². The van der Waals surface area contributed by atoms with Crippen LogP contribution in [0.1, 0.15) is 37.6 Å². The highest BCUT2D eigenvalue weighted by Crippen LogP contribution is 2.24. The van der Waals surface area contributed by atoms with Gasteiger partial charge in [-0.2, -0.15) is 0 Å². The number of fused-ring (bicyclic) bond motifs is 1. The molecule has 0 spiro atoms. The normalized spacial score (nSPS) is 12.7. The van der Waals surface area contributed by atoms with Gasteiger partial charge in [0.2, 0.25) is 0 Å². The summed E-state index contributed by atoms with van der Waals surface area (Å²) >= 11 is 0. The average Bonchev–Trinajstić information content (AvgIpc) is 2.44. The van der Waals surface area contributed by atoms with Crippen molar-refractivity contribution in [3.63, 3.8) is 0 Å². The monoisotopic (exact) mass is 270 g/mol. The van der Waals surface area contributed by atoms with Crippen LogP contribution >= 0.6 is 0 Å². The van der Waals surface area contributed by atoms with Crippen LogP contribution in [0.4, 0.5) is 5.82 Å². The lowest BCUT2D eigenvalue weighted by molar-refractivity contribution is 0.112. The Morgan fingerprint density at radius 3 is 2.60 bits per heavy atom. The van der Waals surface area contributed by atoms with Gasteiger partial charge >= 0.3 is 0 Å². The molecule has 0 saturated heterocycles. The highest BCUT2D eigenvalue weighted by atomic mass is 16.1. The number of hydrogen-bond donors (Lipinski definition) is 0. The molecule has 1 unspecified atom stereocenters. The third kappa shape index (κ3) is 2.98. The number of carbonyl (C=O) groups excluding carboxylic acids is 1. The number of pyridine rings is 1. The van der Waals surface area contributed by atoms with Gasteiger partial charge in [0.05, 0.1) is 11.1 Å². The highest BCUT2D eigenvalue weighted by molar-refractivity contribution is 5.91. The Labute approximate surface area is 120 Å². The molecule has 1 atom stereocenters. The van der Waals surface area contributed by atoms with E-state index in [-0.39, 0.29) is 0 Å². The van der Waals surface area contributed by atoms with E-state index >= 15 is 0 Å². The Hall–Kier alpha value is -1.90. The van der Waals surface area contributed by atoms with Gasteiger partial charge in [-0.15, -0.1) is 0 Å². The minimum absolute atomic E-state index is 0.349. The zero-order valence-corrected chi connectivity index (χ0v) is 12.6. The molecule has 1 aromatic heterocycles. The van der Waals surface area contributed by atoms with Gasteiger partial charge in [0.25, 0.3) is 0 Å². The van der Waals surface area contributed by atoms with Crippen molar-refractivity contribution in [2.24, 2.45) is 5.92 Å². The second-order valence-corrected chi connectivity index (χ2v) is 5.80. The minimum Gasteiger partial charge on any atom is -0.356 e. The van der Waals surface area contributed by atoms with Crippen molar-refractivity contribution in [2.75, 3.05) is 11.9 Å². The zero-order chi connectivity index (χ0) is 14.7. The molecule has 3 nitrogen and oxygen atoms in total. The van der Waals surface area contributed by atoms with Crippen LogP contribution in [0.3, 0.4) is 0 Å². The standard InChI is InChI=1S/C17H22N2O/c1-12(2)9-13(3)19(4)17-15(11-20)10-14-7-5-6-8-16(14)18-17/h5-8,10-13H,9H2,1-4H3. The molecule has 0 radical (unpaired) electrons. The fourth-order valence-electron chi connectivity index (χ4n) is 2.54. The maximum Gasteiger partial charge on any atom is 0.153 e. The van der Waals surface area contributed by atoms with E-state index in [1.54, 1.807) is 0 Å². The van der Waals surface area contributed by atoms with Gasteiger partial charge in [0, 0.05) is 18.5 Å². The summed E-state index contributed by atoms with van der Waals surface area (Å²) in [6, 6.07) is 10.2. The largest absolute Gasteiger partial charge is 0.356 e. The summed E-state index contributed by atoms with van der Waals surface area (Å²) in [4.78, 5) is 18.1. The molecule has 0 fully saturated rings. The van der Waals surface area contributed by atoms with E-state index in [1.807, 2.05) is 37.4 Å². The quantitative estimate of drug-likeness (QED) is 0.772. The predicted octanol–water partition coefficient (Wildman–Crippen LogP) is 3.92. The third-order valence-electron chi connectivity index (χ3n) is 3.67. The summed E-state index contributed by atoms with van der Waals surface area (Å²) in [5.74, 6) is 1.39. The molecule has 2 rings (SSSR count). The van der Waals surface area contributed by atoms with Gasteiger partial charge in [0.15, 0.2) is 6.29 Å². The van der Waals surface area contributed by atoms with E-state index in [0.717, 1.165) is 29.4 Å². The fourth-order valence-corrected chi connectivity index (χ4v) is 2.54. The number of aromatic nitrogens is 1. The first-order valence-electron chi connectivity index (χ1n) is 7.10. The number of aldehydes is 1. The van der Waals surface area contributed by atoms with Crippen LogP contribution in [0.5, 0.6) is 0 Å². The third-order valence-corrected chi connectivity index (χ3v) is 3.67. The van der Waals surface area contributed by atoms with E-state index in [4.69, 9.17) is 0 Å². The number of hydrogen-bond acceptors (Lipinski definition) is 3. The van der Waals surface area contributed by atoms with Crippen LogP contribution in [0.25, 0.3) is 10.9 Å². The topological polar surface area (TPSA) is 33.2 Å². The number of anilines is 1. The maximum absolute atomic E-state index is 11.4. The Morgan fingerprint density at radius 2 is 1.95 bits per heavy atom. The van der Waals surface area contributed by atoms with Gasteiger partial charge < -0.3 is 4.90 Å². The van der Waals surface area contributed by atoms with Crippen molar-refractivity contribution in [1.29, 1.82) is 0 Å². The Kier molecular flexibility index (Phi) is 4.38. The SMILES string of the molecule is CC(C)CC(C)N(C)c1nc2ccccc2cc1C=O. The molecular weight excluding hydrogens is 248 g/mol. The smallest absolute Gasteiger partial charge is 0.153 e. The Morgan fingerprint density at radius 1 is 1.25 bits per heavy atom. The van der Waals surface area contributed by atoms with Crippen molar-refractivity contribution in [3.05, 3.63) is 35.9 Å². The average molecular weight is 270 g/mol.